The van der Waals surface area contributed by atoms with Gasteiger partial charge in [0.1, 0.15) is 17.0 Å². The minimum atomic E-state index is -0.540. The highest BCUT2D eigenvalue weighted by molar-refractivity contribution is 5.99. The molecule has 0 radical (unpaired) electrons. The van der Waals surface area contributed by atoms with Crippen LogP contribution in [-0.2, 0) is 11.8 Å². The van der Waals surface area contributed by atoms with E-state index in [1.165, 1.54) is 0 Å². The number of rotatable bonds is 4. The summed E-state index contributed by atoms with van der Waals surface area (Å²) in [6.07, 6.45) is 1.36. The van der Waals surface area contributed by atoms with Gasteiger partial charge >= 0.3 is 6.09 Å². The monoisotopic (exact) mass is 465 g/mol. The number of hydrogen-bond acceptors (Lipinski definition) is 6. The van der Waals surface area contributed by atoms with Crippen molar-refractivity contribution in [3.05, 3.63) is 48.3 Å². The van der Waals surface area contributed by atoms with Gasteiger partial charge in [0.15, 0.2) is 0 Å². The predicted octanol–water partition coefficient (Wildman–Crippen LogP) is 4.10. The summed E-state index contributed by atoms with van der Waals surface area (Å²) in [7, 11) is 3.71. The van der Waals surface area contributed by atoms with Crippen LogP contribution < -0.4 is 10.1 Å². The van der Waals surface area contributed by atoms with Crippen LogP contribution >= 0.6 is 0 Å². The number of nitrogens with one attached hydrogen (secondary N) is 1. The average Bonchev–Trinajstić information content (AvgIpc) is 3.14. The molecule has 2 aromatic heterocycles. The first-order chi connectivity index (χ1) is 16.1. The number of amides is 2. The lowest BCUT2D eigenvalue weighted by Gasteiger charge is -2.35. The molecule has 4 rings (SSSR count). The molecule has 34 heavy (non-hydrogen) atoms. The molecule has 0 spiro atoms. The summed E-state index contributed by atoms with van der Waals surface area (Å²) < 4.78 is 13.2. The summed E-state index contributed by atoms with van der Waals surface area (Å²) in [5.41, 5.74) is 1.84. The molecule has 0 saturated carbocycles. The standard InChI is InChI=1S/C25H31N5O4/c1-25(2,3)34-24(32)30-12-10-29(11-13-30)23(31)21-14-17-6-8-19(15-20(17)28(21)5)33-22-9-7-18(26-4)16-27-22/h6-9,14-16,26H,10-13H2,1-5H3. The molecule has 1 N–H and O–H groups in total. The van der Waals surface area contributed by atoms with Crippen LogP contribution in [0.3, 0.4) is 0 Å². The minimum absolute atomic E-state index is 0.0608. The highest BCUT2D eigenvalue weighted by Crippen LogP contribution is 2.28. The summed E-state index contributed by atoms with van der Waals surface area (Å²) >= 11 is 0. The molecule has 0 bridgehead atoms. The molecule has 2 amide bonds. The van der Waals surface area contributed by atoms with E-state index < -0.39 is 5.60 Å². The van der Waals surface area contributed by atoms with E-state index in [1.807, 2.05) is 69.8 Å². The Labute approximate surface area is 199 Å². The summed E-state index contributed by atoms with van der Waals surface area (Å²) in [4.78, 5) is 33.3. The number of aromatic nitrogens is 2. The molecular formula is C25H31N5O4. The third kappa shape index (κ3) is 5.08. The number of pyridine rings is 1. The Morgan fingerprint density at radius 2 is 1.71 bits per heavy atom. The van der Waals surface area contributed by atoms with Gasteiger partial charge < -0.3 is 29.2 Å². The van der Waals surface area contributed by atoms with Gasteiger partial charge in [-0.25, -0.2) is 9.78 Å². The van der Waals surface area contributed by atoms with Crippen LogP contribution in [0.2, 0.25) is 0 Å². The highest BCUT2D eigenvalue weighted by atomic mass is 16.6. The van der Waals surface area contributed by atoms with Crippen molar-refractivity contribution in [2.24, 2.45) is 7.05 Å². The quantitative estimate of drug-likeness (QED) is 0.624. The first kappa shape index (κ1) is 23.4. The molecule has 180 valence electrons. The molecule has 3 aromatic rings. The Hall–Kier alpha value is -3.75. The Bertz CT molecular complexity index is 1190. The molecule has 1 fully saturated rings. The van der Waals surface area contributed by atoms with Crippen LogP contribution in [0.15, 0.2) is 42.6 Å². The number of fused-ring (bicyclic) bond motifs is 1. The van der Waals surface area contributed by atoms with Crippen molar-refractivity contribution in [1.29, 1.82) is 0 Å². The van der Waals surface area contributed by atoms with Gasteiger partial charge in [0.25, 0.3) is 5.91 Å². The number of carbonyl (C=O) groups excluding carboxylic acids is 2. The predicted molar refractivity (Wildman–Crippen MR) is 130 cm³/mol. The van der Waals surface area contributed by atoms with E-state index in [1.54, 1.807) is 22.1 Å². The second-order valence-electron chi connectivity index (χ2n) is 9.31. The smallest absolute Gasteiger partial charge is 0.410 e. The maximum atomic E-state index is 13.3. The maximum absolute atomic E-state index is 13.3. The molecule has 1 saturated heterocycles. The Morgan fingerprint density at radius 3 is 2.32 bits per heavy atom. The van der Waals surface area contributed by atoms with Crippen molar-refractivity contribution in [2.45, 2.75) is 26.4 Å². The zero-order valence-corrected chi connectivity index (χ0v) is 20.3. The highest BCUT2D eigenvalue weighted by Gasteiger charge is 2.29. The summed E-state index contributed by atoms with van der Waals surface area (Å²) in [5.74, 6) is 1.07. The molecule has 0 atom stereocenters. The van der Waals surface area contributed by atoms with Gasteiger partial charge in [-0.3, -0.25) is 4.79 Å². The number of nitrogens with zero attached hydrogens (tertiary/aromatic N) is 4. The van der Waals surface area contributed by atoms with Crippen molar-refractivity contribution in [3.8, 4) is 11.6 Å². The van der Waals surface area contributed by atoms with Gasteiger partial charge in [-0.1, -0.05) is 0 Å². The number of ether oxygens (including phenoxy) is 2. The number of carbonyl (C=O) groups is 2. The molecule has 3 heterocycles. The van der Waals surface area contributed by atoms with Gasteiger partial charge in [0, 0.05) is 57.8 Å². The van der Waals surface area contributed by atoms with Crippen molar-refractivity contribution in [1.82, 2.24) is 19.4 Å². The van der Waals surface area contributed by atoms with Crippen LogP contribution in [0, 0.1) is 0 Å². The summed E-state index contributed by atoms with van der Waals surface area (Å²) in [6.45, 7) is 7.35. The normalized spacial score (nSPS) is 14.3. The SMILES string of the molecule is CNc1ccc(Oc2ccc3cc(C(=O)N4CCN(C(=O)OC(C)(C)C)CC4)n(C)c3c2)nc1. The molecule has 9 heteroatoms. The zero-order valence-electron chi connectivity index (χ0n) is 20.3. The first-order valence-electron chi connectivity index (χ1n) is 11.3. The molecule has 1 aliphatic rings. The second-order valence-corrected chi connectivity index (χ2v) is 9.31. The Kier molecular flexibility index (Phi) is 6.37. The van der Waals surface area contributed by atoms with E-state index in [0.717, 1.165) is 16.6 Å². The average molecular weight is 466 g/mol. The maximum Gasteiger partial charge on any atom is 0.410 e. The Morgan fingerprint density at radius 1 is 1.00 bits per heavy atom. The topological polar surface area (TPSA) is 88.9 Å². The van der Waals surface area contributed by atoms with Crippen LogP contribution in [0.4, 0.5) is 10.5 Å². The van der Waals surface area contributed by atoms with E-state index in [9.17, 15) is 9.59 Å². The number of anilines is 1. The third-order valence-corrected chi connectivity index (χ3v) is 5.70. The summed E-state index contributed by atoms with van der Waals surface area (Å²) in [5, 5.41) is 3.97. The van der Waals surface area contributed by atoms with E-state index in [-0.39, 0.29) is 12.0 Å². The first-order valence-corrected chi connectivity index (χ1v) is 11.3. The van der Waals surface area contributed by atoms with Crippen LogP contribution in [-0.4, -0.2) is 70.2 Å². The fraction of sp³-hybridized carbons (Fsp3) is 0.400. The van der Waals surface area contributed by atoms with Crippen LogP contribution in [0.5, 0.6) is 11.6 Å². The van der Waals surface area contributed by atoms with Crippen molar-refractivity contribution >= 4 is 28.6 Å². The van der Waals surface area contributed by atoms with Crippen molar-refractivity contribution in [3.63, 3.8) is 0 Å². The fourth-order valence-electron chi connectivity index (χ4n) is 3.87. The van der Waals surface area contributed by atoms with E-state index in [4.69, 9.17) is 9.47 Å². The molecule has 9 nitrogen and oxygen atoms in total. The van der Waals surface area contributed by atoms with Gasteiger partial charge in [-0.15, -0.1) is 0 Å². The minimum Gasteiger partial charge on any atom is -0.444 e. The van der Waals surface area contributed by atoms with E-state index in [2.05, 4.69) is 10.3 Å². The van der Waals surface area contributed by atoms with E-state index in [0.29, 0.717) is 43.5 Å². The number of hydrogen-bond donors (Lipinski definition) is 1. The van der Waals surface area contributed by atoms with Gasteiger partial charge in [-0.05, 0) is 45.0 Å². The number of piperazine rings is 1. The summed E-state index contributed by atoms with van der Waals surface area (Å²) in [6, 6.07) is 11.3. The zero-order chi connectivity index (χ0) is 24.5. The number of aryl methyl sites for hydroxylation is 1. The largest absolute Gasteiger partial charge is 0.444 e. The molecule has 0 aliphatic carbocycles. The second kappa shape index (κ2) is 9.24. The lowest BCUT2D eigenvalue weighted by atomic mass is 10.2. The van der Waals surface area contributed by atoms with Crippen molar-refractivity contribution in [2.75, 3.05) is 38.5 Å². The third-order valence-electron chi connectivity index (χ3n) is 5.70. The van der Waals surface area contributed by atoms with Crippen LogP contribution in [0.1, 0.15) is 31.3 Å². The lowest BCUT2D eigenvalue weighted by Crippen LogP contribution is -2.51. The van der Waals surface area contributed by atoms with Crippen molar-refractivity contribution < 1.29 is 19.1 Å². The van der Waals surface area contributed by atoms with Gasteiger partial charge in [-0.2, -0.15) is 0 Å². The molecule has 0 unspecified atom stereocenters. The van der Waals surface area contributed by atoms with Gasteiger partial charge in [0.2, 0.25) is 5.88 Å². The number of benzene rings is 1. The molecule has 1 aliphatic heterocycles. The Balaban J connectivity index is 1.45. The van der Waals surface area contributed by atoms with Gasteiger partial charge in [0.05, 0.1) is 17.4 Å². The molecular weight excluding hydrogens is 434 g/mol. The lowest BCUT2D eigenvalue weighted by molar-refractivity contribution is 0.0139. The van der Waals surface area contributed by atoms with E-state index >= 15 is 0 Å². The fourth-order valence-corrected chi connectivity index (χ4v) is 3.87. The van der Waals surface area contributed by atoms with Crippen LogP contribution in [0.25, 0.3) is 10.9 Å². The molecule has 1 aromatic carbocycles.